The largest absolute Gasteiger partial charge is 0.465 e. The molecular formula is C13H19N3O3. The summed E-state index contributed by atoms with van der Waals surface area (Å²) in [7, 11) is 0. The predicted molar refractivity (Wildman–Crippen MR) is 68.7 cm³/mol. The number of likely N-dealkylation sites (tertiary alicyclic amines) is 1. The summed E-state index contributed by atoms with van der Waals surface area (Å²) in [5.41, 5.74) is 3.80. The smallest absolute Gasteiger partial charge is 0.407 e. The molecule has 19 heavy (non-hydrogen) atoms. The van der Waals surface area contributed by atoms with Crippen molar-refractivity contribution < 1.29 is 14.7 Å². The minimum Gasteiger partial charge on any atom is -0.465 e. The molecule has 2 fully saturated rings. The third kappa shape index (κ3) is 2.57. The summed E-state index contributed by atoms with van der Waals surface area (Å²) in [5.74, 6) is 0.879. The van der Waals surface area contributed by atoms with Crippen molar-refractivity contribution >= 4 is 17.7 Å². The van der Waals surface area contributed by atoms with Gasteiger partial charge in [-0.1, -0.05) is 0 Å². The lowest BCUT2D eigenvalue weighted by Gasteiger charge is -2.35. The van der Waals surface area contributed by atoms with E-state index in [0.29, 0.717) is 24.9 Å². The Labute approximate surface area is 111 Å². The van der Waals surface area contributed by atoms with E-state index < -0.39 is 6.09 Å². The van der Waals surface area contributed by atoms with Gasteiger partial charge in [0.25, 0.3) is 0 Å². The number of carboxylic acid groups (broad SMARTS) is 1. The summed E-state index contributed by atoms with van der Waals surface area (Å²) in [4.78, 5) is 24.3. The van der Waals surface area contributed by atoms with E-state index in [4.69, 9.17) is 5.11 Å². The van der Waals surface area contributed by atoms with Gasteiger partial charge in [0, 0.05) is 24.7 Å². The summed E-state index contributed by atoms with van der Waals surface area (Å²) >= 11 is 0. The lowest BCUT2D eigenvalue weighted by Crippen LogP contribution is -2.44. The van der Waals surface area contributed by atoms with Crippen LogP contribution in [0.3, 0.4) is 0 Å². The maximum Gasteiger partial charge on any atom is 0.407 e. The second-order valence-corrected chi connectivity index (χ2v) is 5.77. The molecule has 1 unspecified atom stereocenters. The first-order chi connectivity index (χ1) is 9.15. The second kappa shape index (κ2) is 4.83. The van der Waals surface area contributed by atoms with Crippen molar-refractivity contribution in [3.05, 3.63) is 0 Å². The van der Waals surface area contributed by atoms with Gasteiger partial charge < -0.3 is 10.0 Å². The van der Waals surface area contributed by atoms with E-state index in [1.807, 2.05) is 0 Å². The highest BCUT2D eigenvalue weighted by Crippen LogP contribution is 2.37. The summed E-state index contributed by atoms with van der Waals surface area (Å²) in [6.07, 6.45) is 3.86. The van der Waals surface area contributed by atoms with Crippen LogP contribution in [-0.4, -0.2) is 40.8 Å². The Morgan fingerprint density at radius 2 is 1.95 bits per heavy atom. The molecule has 0 bridgehead atoms. The number of nitrogens with one attached hydrogen (secondary N) is 1. The minimum absolute atomic E-state index is 0.0101. The van der Waals surface area contributed by atoms with Crippen LogP contribution in [0.5, 0.6) is 0 Å². The van der Waals surface area contributed by atoms with Gasteiger partial charge in [-0.25, -0.2) is 10.2 Å². The van der Waals surface area contributed by atoms with E-state index >= 15 is 0 Å². The highest BCUT2D eigenvalue weighted by atomic mass is 16.4. The van der Waals surface area contributed by atoms with Crippen molar-refractivity contribution in [3.8, 4) is 0 Å². The molecule has 1 saturated carbocycles. The molecule has 2 N–H and O–H groups in total. The van der Waals surface area contributed by atoms with Crippen LogP contribution in [0.2, 0.25) is 0 Å². The van der Waals surface area contributed by atoms with Crippen molar-refractivity contribution in [2.45, 2.75) is 32.1 Å². The first-order valence-corrected chi connectivity index (χ1v) is 6.99. The molecule has 0 aromatic heterocycles. The standard InChI is InChI=1S/C13H19N3O3/c17-12-10(7-11(14-15-12)9-1-2-9)8-3-5-16(6-4-8)13(18)19/h8-10H,1-7H2,(H,15,17)(H,18,19). The van der Waals surface area contributed by atoms with Crippen LogP contribution in [0, 0.1) is 17.8 Å². The van der Waals surface area contributed by atoms with E-state index in [9.17, 15) is 9.59 Å². The number of nitrogens with zero attached hydrogens (tertiary/aromatic N) is 2. The van der Waals surface area contributed by atoms with E-state index in [2.05, 4.69) is 10.5 Å². The summed E-state index contributed by atoms with van der Waals surface area (Å²) in [6, 6.07) is 0. The van der Waals surface area contributed by atoms with Gasteiger partial charge >= 0.3 is 6.09 Å². The Hall–Kier alpha value is -1.59. The normalized spacial score (nSPS) is 28.8. The fourth-order valence-electron chi connectivity index (χ4n) is 3.12. The molecule has 0 aromatic carbocycles. The Balaban J connectivity index is 1.61. The number of piperidine rings is 1. The van der Waals surface area contributed by atoms with Crippen molar-refractivity contribution in [2.75, 3.05) is 13.1 Å². The fraction of sp³-hybridized carbons (Fsp3) is 0.769. The van der Waals surface area contributed by atoms with E-state index in [0.717, 1.165) is 25.0 Å². The van der Waals surface area contributed by atoms with Crippen LogP contribution >= 0.6 is 0 Å². The zero-order valence-electron chi connectivity index (χ0n) is 10.8. The number of hydrogen-bond acceptors (Lipinski definition) is 3. The van der Waals surface area contributed by atoms with Crippen molar-refractivity contribution in [1.82, 2.24) is 10.3 Å². The van der Waals surface area contributed by atoms with Gasteiger partial charge in [-0.2, -0.15) is 5.10 Å². The maximum absolute atomic E-state index is 11.9. The van der Waals surface area contributed by atoms with Gasteiger partial charge in [-0.3, -0.25) is 4.79 Å². The Morgan fingerprint density at radius 1 is 1.26 bits per heavy atom. The van der Waals surface area contributed by atoms with Crippen LogP contribution < -0.4 is 5.43 Å². The number of carbonyl (C=O) groups excluding carboxylic acids is 1. The molecule has 3 rings (SSSR count). The lowest BCUT2D eigenvalue weighted by molar-refractivity contribution is -0.127. The highest BCUT2D eigenvalue weighted by Gasteiger charge is 2.39. The minimum atomic E-state index is -0.855. The van der Waals surface area contributed by atoms with Crippen LogP contribution in [0.4, 0.5) is 4.79 Å². The fourth-order valence-corrected chi connectivity index (χ4v) is 3.12. The lowest BCUT2D eigenvalue weighted by atomic mass is 9.79. The monoisotopic (exact) mass is 265 g/mol. The molecule has 104 valence electrons. The van der Waals surface area contributed by atoms with Crippen molar-refractivity contribution in [1.29, 1.82) is 0 Å². The van der Waals surface area contributed by atoms with Crippen molar-refractivity contribution in [3.63, 3.8) is 0 Å². The second-order valence-electron chi connectivity index (χ2n) is 5.77. The molecule has 6 nitrogen and oxygen atoms in total. The van der Waals surface area contributed by atoms with Crippen LogP contribution in [0.1, 0.15) is 32.1 Å². The Kier molecular flexibility index (Phi) is 3.16. The molecule has 0 radical (unpaired) electrons. The molecule has 1 saturated heterocycles. The van der Waals surface area contributed by atoms with E-state index in [1.54, 1.807) is 0 Å². The van der Waals surface area contributed by atoms with Gasteiger partial charge in [-0.15, -0.1) is 0 Å². The quantitative estimate of drug-likeness (QED) is 0.789. The summed E-state index contributed by atoms with van der Waals surface area (Å²) in [5, 5.41) is 13.1. The van der Waals surface area contributed by atoms with Crippen LogP contribution in [-0.2, 0) is 4.79 Å². The van der Waals surface area contributed by atoms with E-state index in [1.165, 1.54) is 17.7 Å². The average molecular weight is 265 g/mol. The Bertz CT molecular complexity index is 423. The van der Waals surface area contributed by atoms with Gasteiger partial charge in [0.15, 0.2) is 0 Å². The van der Waals surface area contributed by atoms with Gasteiger partial charge in [0.2, 0.25) is 5.91 Å². The molecule has 1 aliphatic carbocycles. The summed E-state index contributed by atoms with van der Waals surface area (Å²) < 4.78 is 0. The number of rotatable bonds is 2. The molecule has 6 heteroatoms. The molecule has 0 aromatic rings. The third-order valence-corrected chi connectivity index (χ3v) is 4.50. The first kappa shape index (κ1) is 12.4. The molecule has 2 heterocycles. The van der Waals surface area contributed by atoms with Gasteiger partial charge in [0.05, 0.1) is 0 Å². The van der Waals surface area contributed by atoms with Crippen LogP contribution in [0.25, 0.3) is 0 Å². The highest BCUT2D eigenvalue weighted by molar-refractivity contribution is 5.96. The molecule has 2 amide bonds. The maximum atomic E-state index is 11.9. The predicted octanol–water partition coefficient (Wildman–Crippen LogP) is 1.28. The van der Waals surface area contributed by atoms with Crippen LogP contribution in [0.15, 0.2) is 5.10 Å². The SMILES string of the molecule is O=C1NN=C(C2CC2)CC1C1CCN(C(=O)O)CC1. The van der Waals surface area contributed by atoms with Gasteiger partial charge in [-0.05, 0) is 43.9 Å². The molecular weight excluding hydrogens is 246 g/mol. The number of carbonyl (C=O) groups is 2. The molecule has 0 spiro atoms. The number of hydrogen-bond donors (Lipinski definition) is 2. The third-order valence-electron chi connectivity index (χ3n) is 4.50. The van der Waals surface area contributed by atoms with Crippen molar-refractivity contribution in [2.24, 2.45) is 22.9 Å². The van der Waals surface area contributed by atoms with Gasteiger partial charge in [0.1, 0.15) is 0 Å². The zero-order chi connectivity index (χ0) is 13.4. The van der Waals surface area contributed by atoms with E-state index in [-0.39, 0.29) is 11.8 Å². The molecule has 3 aliphatic rings. The molecule has 2 aliphatic heterocycles. The topological polar surface area (TPSA) is 82.0 Å². The number of amides is 2. The average Bonchev–Trinajstić information content (AvgIpc) is 3.24. The Morgan fingerprint density at radius 3 is 2.53 bits per heavy atom. The number of hydrazone groups is 1. The molecule has 1 atom stereocenters. The zero-order valence-corrected chi connectivity index (χ0v) is 10.8. The summed E-state index contributed by atoms with van der Waals surface area (Å²) in [6.45, 7) is 1.08. The first-order valence-electron chi connectivity index (χ1n) is 6.99.